The van der Waals surface area contributed by atoms with Gasteiger partial charge in [0.25, 0.3) is 0 Å². The smallest absolute Gasteiger partial charge is 0.410 e. The van der Waals surface area contributed by atoms with E-state index in [1.807, 2.05) is 25.7 Å². The molecule has 0 aromatic heterocycles. The predicted octanol–water partition coefficient (Wildman–Crippen LogP) is 2.02. The average molecular weight is 229 g/mol. The average Bonchev–Trinajstić information content (AvgIpc) is 2.76. The summed E-state index contributed by atoms with van der Waals surface area (Å²) in [7, 11) is 1.00. The normalized spacial score (nSPS) is 21.4. The standard InChI is InChI=1S/C11H19NO2.CH4O/c1-10(2,3)14-9(13)12-7-6-11(8-12)4-5-11;1-2/h4-8H2,1-3H3;2H,1H3. The van der Waals surface area contributed by atoms with Gasteiger partial charge in [-0.15, -0.1) is 0 Å². The number of carbonyl (C=O) groups excluding carboxylic acids is 1. The zero-order chi connectivity index (χ0) is 12.4. The second-order valence-corrected chi connectivity index (χ2v) is 5.65. The zero-order valence-corrected chi connectivity index (χ0v) is 10.7. The van der Waals surface area contributed by atoms with Gasteiger partial charge in [-0.25, -0.2) is 4.79 Å². The third-order valence-electron chi connectivity index (χ3n) is 3.05. The van der Waals surface area contributed by atoms with Gasteiger partial charge in [0.2, 0.25) is 0 Å². The molecule has 0 unspecified atom stereocenters. The molecular weight excluding hydrogens is 206 g/mol. The molecule has 4 heteroatoms. The Bertz CT molecular complexity index is 253. The molecule has 16 heavy (non-hydrogen) atoms. The number of ether oxygens (including phenoxy) is 1. The monoisotopic (exact) mass is 229 g/mol. The van der Waals surface area contributed by atoms with Gasteiger partial charge in [0.1, 0.15) is 5.60 Å². The maximum Gasteiger partial charge on any atom is 0.410 e. The van der Waals surface area contributed by atoms with Crippen molar-refractivity contribution in [2.75, 3.05) is 20.2 Å². The second kappa shape index (κ2) is 4.62. The van der Waals surface area contributed by atoms with Gasteiger partial charge in [-0.2, -0.15) is 0 Å². The fourth-order valence-corrected chi connectivity index (χ4v) is 2.00. The molecule has 1 aliphatic heterocycles. The Kier molecular flexibility index (Phi) is 3.84. The van der Waals surface area contributed by atoms with Crippen molar-refractivity contribution >= 4 is 6.09 Å². The number of hydrogen-bond acceptors (Lipinski definition) is 3. The highest BCUT2D eigenvalue weighted by atomic mass is 16.6. The minimum absolute atomic E-state index is 0.138. The molecule has 0 atom stereocenters. The highest BCUT2D eigenvalue weighted by Gasteiger charge is 2.49. The van der Waals surface area contributed by atoms with Crippen LogP contribution >= 0.6 is 0 Å². The molecular formula is C12H23NO3. The van der Waals surface area contributed by atoms with Crippen LogP contribution in [0.5, 0.6) is 0 Å². The molecule has 1 amide bonds. The van der Waals surface area contributed by atoms with Crippen LogP contribution in [0.4, 0.5) is 4.79 Å². The number of amides is 1. The van der Waals surface area contributed by atoms with Crippen LogP contribution in [0.1, 0.15) is 40.0 Å². The maximum atomic E-state index is 11.7. The number of nitrogens with zero attached hydrogens (tertiary/aromatic N) is 1. The molecule has 1 heterocycles. The zero-order valence-electron chi connectivity index (χ0n) is 10.7. The van der Waals surface area contributed by atoms with E-state index in [1.54, 1.807) is 0 Å². The van der Waals surface area contributed by atoms with E-state index in [1.165, 1.54) is 19.3 Å². The molecule has 1 aliphatic carbocycles. The lowest BCUT2D eigenvalue weighted by Crippen LogP contribution is -2.35. The van der Waals surface area contributed by atoms with Crippen molar-refractivity contribution in [3.05, 3.63) is 0 Å². The third-order valence-corrected chi connectivity index (χ3v) is 3.05. The van der Waals surface area contributed by atoms with E-state index >= 15 is 0 Å². The van der Waals surface area contributed by atoms with Crippen molar-refractivity contribution in [3.63, 3.8) is 0 Å². The van der Waals surface area contributed by atoms with Crippen LogP contribution < -0.4 is 0 Å². The number of aliphatic hydroxyl groups is 1. The molecule has 0 aromatic carbocycles. The molecule has 0 radical (unpaired) electrons. The lowest BCUT2D eigenvalue weighted by Gasteiger charge is -2.24. The van der Waals surface area contributed by atoms with Crippen molar-refractivity contribution in [2.45, 2.75) is 45.6 Å². The lowest BCUT2D eigenvalue weighted by molar-refractivity contribution is 0.0286. The molecule has 4 nitrogen and oxygen atoms in total. The molecule has 1 spiro atoms. The van der Waals surface area contributed by atoms with Gasteiger partial charge in [0.15, 0.2) is 0 Å². The topological polar surface area (TPSA) is 49.8 Å². The molecule has 0 bridgehead atoms. The highest BCUT2D eigenvalue weighted by molar-refractivity contribution is 5.68. The van der Waals surface area contributed by atoms with Gasteiger partial charge in [-0.05, 0) is 45.4 Å². The highest BCUT2D eigenvalue weighted by Crippen LogP contribution is 2.52. The Labute approximate surface area is 97.6 Å². The Morgan fingerprint density at radius 3 is 2.19 bits per heavy atom. The van der Waals surface area contributed by atoms with Crippen LogP contribution in [0.25, 0.3) is 0 Å². The largest absolute Gasteiger partial charge is 0.444 e. The van der Waals surface area contributed by atoms with Crippen LogP contribution in [0.15, 0.2) is 0 Å². The molecule has 1 saturated heterocycles. The first-order valence-corrected chi connectivity index (χ1v) is 5.83. The molecule has 2 fully saturated rings. The van der Waals surface area contributed by atoms with Crippen molar-refractivity contribution < 1.29 is 14.6 Å². The molecule has 2 rings (SSSR count). The number of rotatable bonds is 0. The first-order valence-electron chi connectivity index (χ1n) is 5.83. The van der Waals surface area contributed by atoms with E-state index in [9.17, 15) is 4.79 Å². The number of carbonyl (C=O) groups is 1. The Morgan fingerprint density at radius 1 is 1.25 bits per heavy atom. The van der Waals surface area contributed by atoms with Crippen molar-refractivity contribution in [2.24, 2.45) is 5.41 Å². The summed E-state index contributed by atoms with van der Waals surface area (Å²) in [5, 5.41) is 7.00. The quantitative estimate of drug-likeness (QED) is 0.691. The summed E-state index contributed by atoms with van der Waals surface area (Å²) in [6.45, 7) is 7.53. The van der Waals surface area contributed by atoms with Gasteiger partial charge in [0, 0.05) is 20.2 Å². The summed E-state index contributed by atoms with van der Waals surface area (Å²) in [6, 6.07) is 0. The minimum Gasteiger partial charge on any atom is -0.444 e. The molecule has 1 N–H and O–H groups in total. The fraction of sp³-hybridized carbons (Fsp3) is 0.917. The van der Waals surface area contributed by atoms with E-state index in [0.717, 1.165) is 20.2 Å². The lowest BCUT2D eigenvalue weighted by atomic mass is 10.1. The van der Waals surface area contributed by atoms with Crippen LogP contribution in [0.2, 0.25) is 0 Å². The summed E-state index contributed by atoms with van der Waals surface area (Å²) in [6.07, 6.45) is 3.63. The van der Waals surface area contributed by atoms with Crippen LogP contribution in [0, 0.1) is 5.41 Å². The van der Waals surface area contributed by atoms with Gasteiger partial charge in [-0.1, -0.05) is 0 Å². The summed E-state index contributed by atoms with van der Waals surface area (Å²) >= 11 is 0. The number of hydrogen-bond donors (Lipinski definition) is 1. The van der Waals surface area contributed by atoms with E-state index in [4.69, 9.17) is 9.84 Å². The van der Waals surface area contributed by atoms with Gasteiger partial charge >= 0.3 is 6.09 Å². The van der Waals surface area contributed by atoms with Crippen molar-refractivity contribution in [3.8, 4) is 0 Å². The first kappa shape index (κ1) is 13.3. The summed E-state index contributed by atoms with van der Waals surface area (Å²) < 4.78 is 5.33. The van der Waals surface area contributed by atoms with Gasteiger partial charge < -0.3 is 14.7 Å². The van der Waals surface area contributed by atoms with E-state index in [-0.39, 0.29) is 11.7 Å². The van der Waals surface area contributed by atoms with Crippen molar-refractivity contribution in [1.82, 2.24) is 4.90 Å². The van der Waals surface area contributed by atoms with E-state index in [2.05, 4.69) is 0 Å². The molecule has 94 valence electrons. The summed E-state index contributed by atoms with van der Waals surface area (Å²) in [5.41, 5.74) is 0.132. The maximum absolute atomic E-state index is 11.7. The van der Waals surface area contributed by atoms with Crippen LogP contribution in [-0.4, -0.2) is 41.9 Å². The predicted molar refractivity (Wildman–Crippen MR) is 62.2 cm³/mol. The SMILES string of the molecule is CC(C)(C)OC(=O)N1CCC2(CC2)C1.CO. The first-order chi connectivity index (χ1) is 7.40. The molecule has 0 aromatic rings. The molecule has 1 saturated carbocycles. The Hall–Kier alpha value is -0.770. The third kappa shape index (κ3) is 3.37. The van der Waals surface area contributed by atoms with Gasteiger partial charge in [-0.3, -0.25) is 0 Å². The van der Waals surface area contributed by atoms with Crippen LogP contribution in [-0.2, 0) is 4.74 Å². The minimum atomic E-state index is -0.365. The fourth-order valence-electron chi connectivity index (χ4n) is 2.00. The number of aliphatic hydroxyl groups excluding tert-OH is 1. The Balaban J connectivity index is 0.000000606. The summed E-state index contributed by atoms with van der Waals surface area (Å²) in [5.74, 6) is 0. The van der Waals surface area contributed by atoms with Gasteiger partial charge in [0.05, 0.1) is 0 Å². The molecule has 2 aliphatic rings. The van der Waals surface area contributed by atoms with E-state index < -0.39 is 0 Å². The second-order valence-electron chi connectivity index (χ2n) is 5.65. The Morgan fingerprint density at radius 2 is 1.81 bits per heavy atom. The van der Waals surface area contributed by atoms with Crippen molar-refractivity contribution in [1.29, 1.82) is 0 Å². The van der Waals surface area contributed by atoms with Crippen LogP contribution in [0.3, 0.4) is 0 Å². The van der Waals surface area contributed by atoms with E-state index in [0.29, 0.717) is 5.41 Å². The summed E-state index contributed by atoms with van der Waals surface area (Å²) in [4.78, 5) is 13.5. The number of likely N-dealkylation sites (tertiary alicyclic amines) is 1.